The predicted octanol–water partition coefficient (Wildman–Crippen LogP) is 5.31. The molecular weight excluding hydrogens is 441 g/mol. The maximum Gasteiger partial charge on any atom is 0.341 e. The van der Waals surface area contributed by atoms with Crippen LogP contribution in [-0.2, 0) is 16.2 Å². The van der Waals surface area contributed by atoms with E-state index < -0.39 is 12.6 Å². The molecule has 2 rings (SSSR count). The molecule has 2 aromatic carbocycles. The van der Waals surface area contributed by atoms with Gasteiger partial charge in [-0.25, -0.2) is 4.79 Å². The van der Waals surface area contributed by atoms with Crippen LogP contribution >= 0.6 is 23.2 Å². The maximum absolute atomic E-state index is 12.4. The van der Waals surface area contributed by atoms with Crippen LogP contribution in [0.1, 0.15) is 31.9 Å². The molecule has 0 aromatic heterocycles. The van der Waals surface area contributed by atoms with Crippen molar-refractivity contribution >= 4 is 40.7 Å². The van der Waals surface area contributed by atoms with E-state index in [2.05, 4.69) is 0 Å². The van der Waals surface area contributed by atoms with Crippen molar-refractivity contribution in [3.05, 3.63) is 63.6 Å². The summed E-state index contributed by atoms with van der Waals surface area (Å²) < 4.78 is 11.2. The molecular formula is C23H25Cl2NO5. The molecule has 0 aliphatic heterocycles. The van der Waals surface area contributed by atoms with Crippen LogP contribution in [0.4, 0.5) is 0 Å². The Balaban J connectivity index is 2.30. The van der Waals surface area contributed by atoms with Gasteiger partial charge >= 0.3 is 5.97 Å². The number of carbonyl (C=O) groups is 2. The zero-order valence-corrected chi connectivity index (χ0v) is 19.2. The molecule has 0 bridgehead atoms. The molecule has 1 amide bonds. The van der Waals surface area contributed by atoms with Gasteiger partial charge in [0.1, 0.15) is 6.61 Å². The lowest BCUT2D eigenvalue weighted by Crippen LogP contribution is -2.28. The van der Waals surface area contributed by atoms with E-state index in [9.17, 15) is 9.59 Å². The first-order valence-electron chi connectivity index (χ1n) is 9.78. The lowest BCUT2D eigenvalue weighted by atomic mass is 10.1. The molecule has 0 atom stereocenters. The average Bonchev–Trinajstić information content (AvgIpc) is 2.73. The molecule has 166 valence electrons. The summed E-state index contributed by atoms with van der Waals surface area (Å²) in [5.41, 5.74) is 2.04. The minimum absolute atomic E-state index is 0.0799. The molecule has 0 aliphatic rings. The highest BCUT2D eigenvalue weighted by atomic mass is 35.5. The quantitative estimate of drug-likeness (QED) is 0.481. The number of hydrogen-bond acceptors (Lipinski definition) is 4. The van der Waals surface area contributed by atoms with Gasteiger partial charge in [-0.15, -0.1) is 0 Å². The number of benzene rings is 2. The van der Waals surface area contributed by atoms with Crippen molar-refractivity contribution in [2.75, 3.05) is 19.7 Å². The van der Waals surface area contributed by atoms with Crippen LogP contribution in [0.5, 0.6) is 11.5 Å². The molecule has 0 radical (unpaired) electrons. The molecule has 0 fully saturated rings. The van der Waals surface area contributed by atoms with Gasteiger partial charge in [-0.1, -0.05) is 35.3 Å². The highest BCUT2D eigenvalue weighted by molar-refractivity contribution is 6.35. The first-order valence-corrected chi connectivity index (χ1v) is 10.5. The molecule has 1 N–H and O–H groups in total. The fraction of sp³-hybridized carbons (Fsp3) is 0.304. The first kappa shape index (κ1) is 24.6. The zero-order chi connectivity index (χ0) is 23.0. The Bertz CT molecular complexity index is 950. The van der Waals surface area contributed by atoms with Gasteiger partial charge in [0.25, 0.3) is 0 Å². The predicted molar refractivity (Wildman–Crippen MR) is 122 cm³/mol. The number of allylic oxidation sites excluding steroid dienone is 1. The molecule has 6 nitrogen and oxygen atoms in total. The number of likely N-dealkylation sites (N-methyl/N-ethyl adjacent to an activating group) is 1. The van der Waals surface area contributed by atoms with Gasteiger partial charge in [0.05, 0.1) is 0 Å². The minimum atomic E-state index is -1.12. The number of carboxylic acid groups (broad SMARTS) is 1. The van der Waals surface area contributed by atoms with Gasteiger partial charge in [0, 0.05) is 34.8 Å². The Morgan fingerprint density at radius 2 is 1.68 bits per heavy atom. The van der Waals surface area contributed by atoms with E-state index in [0.29, 0.717) is 40.0 Å². The van der Waals surface area contributed by atoms with E-state index in [0.717, 1.165) is 5.57 Å². The number of aliphatic carboxylic acids is 1. The fourth-order valence-corrected chi connectivity index (χ4v) is 3.35. The van der Waals surface area contributed by atoms with Crippen LogP contribution < -0.4 is 9.47 Å². The third-order valence-corrected chi connectivity index (χ3v) is 5.31. The van der Waals surface area contributed by atoms with Crippen molar-refractivity contribution in [1.29, 1.82) is 0 Å². The van der Waals surface area contributed by atoms with Crippen molar-refractivity contribution < 1.29 is 24.2 Å². The highest BCUT2D eigenvalue weighted by Gasteiger charge is 2.14. The van der Waals surface area contributed by atoms with E-state index in [4.69, 9.17) is 37.8 Å². The Hall–Kier alpha value is -2.70. The Morgan fingerprint density at radius 3 is 2.26 bits per heavy atom. The Labute approximate surface area is 192 Å². The number of rotatable bonds is 10. The van der Waals surface area contributed by atoms with Crippen molar-refractivity contribution in [3.63, 3.8) is 0 Å². The molecule has 0 heterocycles. The maximum atomic E-state index is 12.4. The second-order valence-corrected chi connectivity index (χ2v) is 7.49. The standard InChI is InChI=1S/C23H25Cl2NO5/c1-4-26(5-2)22(27)11-15(3)16-9-10-20(21(12-16)31-14-23(28)29)30-13-17-18(24)7-6-8-19(17)25/h6-12H,4-5,13-14H2,1-3H3,(H,28,29)/b15-11+. The summed E-state index contributed by atoms with van der Waals surface area (Å²) in [6.07, 6.45) is 1.55. The van der Waals surface area contributed by atoms with E-state index in [-0.39, 0.29) is 18.3 Å². The van der Waals surface area contributed by atoms with Gasteiger partial charge in [-0.2, -0.15) is 0 Å². The first-order chi connectivity index (χ1) is 14.8. The SMILES string of the molecule is CCN(CC)C(=O)/C=C(\C)c1ccc(OCc2c(Cl)cccc2Cl)c(OCC(=O)O)c1. The normalized spacial score (nSPS) is 11.2. The van der Waals surface area contributed by atoms with E-state index >= 15 is 0 Å². The monoisotopic (exact) mass is 465 g/mol. The van der Waals surface area contributed by atoms with E-state index in [1.54, 1.807) is 47.4 Å². The van der Waals surface area contributed by atoms with Gasteiger partial charge in [-0.05, 0) is 56.2 Å². The molecule has 8 heteroatoms. The number of ether oxygens (including phenoxy) is 2. The molecule has 31 heavy (non-hydrogen) atoms. The minimum Gasteiger partial charge on any atom is -0.485 e. The number of carbonyl (C=O) groups excluding carboxylic acids is 1. The number of halogens is 2. The van der Waals surface area contributed by atoms with Crippen LogP contribution in [0.25, 0.3) is 5.57 Å². The van der Waals surface area contributed by atoms with Crippen molar-refractivity contribution in [2.45, 2.75) is 27.4 Å². The van der Waals surface area contributed by atoms with E-state index in [1.165, 1.54) is 0 Å². The number of amides is 1. The smallest absolute Gasteiger partial charge is 0.341 e. The second kappa shape index (κ2) is 11.6. The third-order valence-electron chi connectivity index (χ3n) is 4.60. The third kappa shape index (κ3) is 6.91. The van der Waals surface area contributed by atoms with Crippen LogP contribution in [0.3, 0.4) is 0 Å². The van der Waals surface area contributed by atoms with Crippen LogP contribution in [0.15, 0.2) is 42.5 Å². The number of nitrogens with zero attached hydrogens (tertiary/aromatic N) is 1. The summed E-state index contributed by atoms with van der Waals surface area (Å²) in [5.74, 6) is -0.631. The molecule has 2 aromatic rings. The molecule has 0 saturated heterocycles. The lowest BCUT2D eigenvalue weighted by Gasteiger charge is -2.17. The zero-order valence-electron chi connectivity index (χ0n) is 17.7. The lowest BCUT2D eigenvalue weighted by molar-refractivity contribution is -0.139. The van der Waals surface area contributed by atoms with Crippen molar-refractivity contribution in [3.8, 4) is 11.5 Å². The Kier molecular flexibility index (Phi) is 9.21. The van der Waals surface area contributed by atoms with Crippen LogP contribution in [0.2, 0.25) is 10.0 Å². The number of carboxylic acids is 1. The van der Waals surface area contributed by atoms with E-state index in [1.807, 2.05) is 20.8 Å². The van der Waals surface area contributed by atoms with Crippen molar-refractivity contribution in [1.82, 2.24) is 4.90 Å². The fourth-order valence-electron chi connectivity index (χ4n) is 2.84. The average molecular weight is 466 g/mol. The largest absolute Gasteiger partial charge is 0.485 e. The summed E-state index contributed by atoms with van der Waals surface area (Å²) in [6, 6.07) is 10.2. The second-order valence-electron chi connectivity index (χ2n) is 6.67. The molecule has 0 aliphatic carbocycles. The summed E-state index contributed by atoms with van der Waals surface area (Å²) in [7, 11) is 0. The van der Waals surface area contributed by atoms with Crippen LogP contribution in [0, 0.1) is 0 Å². The topological polar surface area (TPSA) is 76.1 Å². The molecule has 0 unspecified atom stereocenters. The van der Waals surface area contributed by atoms with Gasteiger partial charge in [-0.3, -0.25) is 4.79 Å². The van der Waals surface area contributed by atoms with Crippen molar-refractivity contribution in [2.24, 2.45) is 0 Å². The number of hydrogen-bond donors (Lipinski definition) is 1. The summed E-state index contributed by atoms with van der Waals surface area (Å²) in [4.78, 5) is 25.1. The van der Waals surface area contributed by atoms with Gasteiger partial charge in [0.2, 0.25) is 5.91 Å². The summed E-state index contributed by atoms with van der Waals surface area (Å²) >= 11 is 12.4. The molecule has 0 spiro atoms. The van der Waals surface area contributed by atoms with Gasteiger partial charge in [0.15, 0.2) is 18.1 Å². The summed E-state index contributed by atoms with van der Waals surface area (Å²) in [6.45, 7) is 6.42. The summed E-state index contributed by atoms with van der Waals surface area (Å²) in [5, 5.41) is 9.92. The Morgan fingerprint density at radius 1 is 1.03 bits per heavy atom. The van der Waals surface area contributed by atoms with Crippen LogP contribution in [-0.4, -0.2) is 41.6 Å². The molecule has 0 saturated carbocycles. The highest BCUT2D eigenvalue weighted by Crippen LogP contribution is 2.33. The van der Waals surface area contributed by atoms with Gasteiger partial charge < -0.3 is 19.5 Å².